The van der Waals surface area contributed by atoms with Crippen molar-refractivity contribution in [1.82, 2.24) is 5.32 Å². The van der Waals surface area contributed by atoms with Crippen LogP contribution < -0.4 is 15.5 Å². The van der Waals surface area contributed by atoms with Crippen molar-refractivity contribution in [2.75, 3.05) is 23.3 Å². The van der Waals surface area contributed by atoms with Gasteiger partial charge in [-0.05, 0) is 43.0 Å². The molecule has 8 nitrogen and oxygen atoms in total. The first kappa shape index (κ1) is 23.2. The summed E-state index contributed by atoms with van der Waals surface area (Å²) in [5.41, 5.74) is 2.33. The van der Waals surface area contributed by atoms with Gasteiger partial charge < -0.3 is 15.5 Å². The number of anilines is 2. The SMILES string of the molecule is CCC(C)C(=O)Nc1cccc(CNC(=O)C2CCN(c3ccccc3[N+](=O)[O-])CC2)c1. The highest BCUT2D eigenvalue weighted by Crippen LogP contribution is 2.31. The molecule has 8 heteroatoms. The van der Waals surface area contributed by atoms with Crippen LogP contribution in [0.1, 0.15) is 38.7 Å². The number of para-hydroxylation sites is 2. The van der Waals surface area contributed by atoms with E-state index in [0.717, 1.165) is 17.7 Å². The van der Waals surface area contributed by atoms with Crippen LogP contribution in [0.4, 0.5) is 17.1 Å². The molecule has 1 aliphatic rings. The van der Waals surface area contributed by atoms with Crippen molar-refractivity contribution >= 4 is 28.9 Å². The van der Waals surface area contributed by atoms with E-state index in [2.05, 4.69) is 10.6 Å². The van der Waals surface area contributed by atoms with Crippen LogP contribution in [0.25, 0.3) is 0 Å². The number of nitrogens with zero attached hydrogens (tertiary/aromatic N) is 2. The fraction of sp³-hybridized carbons (Fsp3) is 0.417. The molecule has 1 aliphatic heterocycles. The Labute approximate surface area is 188 Å². The summed E-state index contributed by atoms with van der Waals surface area (Å²) < 4.78 is 0. The van der Waals surface area contributed by atoms with Crippen molar-refractivity contribution in [2.24, 2.45) is 11.8 Å². The van der Waals surface area contributed by atoms with Crippen molar-refractivity contribution in [2.45, 2.75) is 39.7 Å². The zero-order valence-electron chi connectivity index (χ0n) is 18.5. The number of piperidine rings is 1. The second-order valence-electron chi connectivity index (χ2n) is 8.22. The van der Waals surface area contributed by atoms with E-state index < -0.39 is 0 Å². The molecule has 2 N–H and O–H groups in total. The van der Waals surface area contributed by atoms with Gasteiger partial charge in [0.05, 0.1) is 4.92 Å². The van der Waals surface area contributed by atoms with E-state index >= 15 is 0 Å². The molecule has 1 heterocycles. The van der Waals surface area contributed by atoms with Crippen LogP contribution in [0, 0.1) is 22.0 Å². The van der Waals surface area contributed by atoms with Crippen LogP contribution in [-0.4, -0.2) is 29.8 Å². The predicted octanol–water partition coefficient (Wildman–Crippen LogP) is 4.11. The van der Waals surface area contributed by atoms with Gasteiger partial charge in [0.25, 0.3) is 5.69 Å². The Kier molecular flexibility index (Phi) is 7.81. The van der Waals surface area contributed by atoms with E-state index in [1.54, 1.807) is 18.2 Å². The van der Waals surface area contributed by atoms with E-state index in [9.17, 15) is 19.7 Å². The van der Waals surface area contributed by atoms with Crippen molar-refractivity contribution in [1.29, 1.82) is 0 Å². The number of amides is 2. The summed E-state index contributed by atoms with van der Waals surface area (Å²) in [5.74, 6) is -0.204. The Hall–Kier alpha value is -3.42. The monoisotopic (exact) mass is 438 g/mol. The van der Waals surface area contributed by atoms with Gasteiger partial charge >= 0.3 is 0 Å². The minimum atomic E-state index is -0.367. The molecule has 2 aromatic carbocycles. The third kappa shape index (κ3) is 5.84. The molecule has 0 saturated carbocycles. The number of hydrogen-bond acceptors (Lipinski definition) is 5. The smallest absolute Gasteiger partial charge is 0.292 e. The van der Waals surface area contributed by atoms with Gasteiger partial charge in [0.2, 0.25) is 11.8 Å². The summed E-state index contributed by atoms with van der Waals surface area (Å²) >= 11 is 0. The van der Waals surface area contributed by atoms with Crippen LogP contribution in [0.5, 0.6) is 0 Å². The molecule has 0 spiro atoms. The first-order valence-corrected chi connectivity index (χ1v) is 11.0. The van der Waals surface area contributed by atoms with Gasteiger partial charge in [0.1, 0.15) is 5.69 Å². The van der Waals surface area contributed by atoms with Gasteiger partial charge in [-0.1, -0.05) is 38.1 Å². The summed E-state index contributed by atoms with van der Waals surface area (Å²) in [6.45, 7) is 5.44. The van der Waals surface area contributed by atoms with E-state index in [1.165, 1.54) is 6.07 Å². The number of nitro benzene ring substituents is 1. The number of benzene rings is 2. The Morgan fingerprint density at radius 3 is 2.56 bits per heavy atom. The number of nitrogens with one attached hydrogen (secondary N) is 2. The van der Waals surface area contributed by atoms with Crippen molar-refractivity contribution in [3.63, 3.8) is 0 Å². The second-order valence-corrected chi connectivity index (χ2v) is 8.22. The van der Waals surface area contributed by atoms with Crippen molar-refractivity contribution in [3.8, 4) is 0 Å². The normalized spacial score (nSPS) is 15.1. The average molecular weight is 439 g/mol. The topological polar surface area (TPSA) is 105 Å². The molecule has 0 bridgehead atoms. The quantitative estimate of drug-likeness (QED) is 0.477. The number of nitro groups is 1. The van der Waals surface area contributed by atoms with E-state index in [-0.39, 0.29) is 34.3 Å². The summed E-state index contributed by atoms with van der Waals surface area (Å²) in [5, 5.41) is 17.2. The molecule has 0 aromatic heterocycles. The molecule has 1 unspecified atom stereocenters. The van der Waals surface area contributed by atoms with Crippen molar-refractivity contribution in [3.05, 3.63) is 64.2 Å². The van der Waals surface area contributed by atoms with Crippen LogP contribution in [-0.2, 0) is 16.1 Å². The van der Waals surface area contributed by atoms with Crippen molar-refractivity contribution < 1.29 is 14.5 Å². The summed E-state index contributed by atoms with van der Waals surface area (Å²) in [6.07, 6.45) is 2.06. The molecule has 3 rings (SSSR count). The van der Waals surface area contributed by atoms with Crippen LogP contribution in [0.15, 0.2) is 48.5 Å². The molecule has 1 fully saturated rings. The fourth-order valence-corrected chi connectivity index (χ4v) is 3.81. The number of carbonyl (C=O) groups excluding carboxylic acids is 2. The lowest BCUT2D eigenvalue weighted by Gasteiger charge is -2.32. The van der Waals surface area contributed by atoms with Crippen LogP contribution in [0.3, 0.4) is 0 Å². The summed E-state index contributed by atoms with van der Waals surface area (Å²) in [6, 6.07) is 14.2. The van der Waals surface area contributed by atoms with Gasteiger partial charge in [0, 0.05) is 43.2 Å². The maximum Gasteiger partial charge on any atom is 0.292 e. The predicted molar refractivity (Wildman–Crippen MR) is 124 cm³/mol. The number of hydrogen-bond donors (Lipinski definition) is 2. The summed E-state index contributed by atoms with van der Waals surface area (Å²) in [4.78, 5) is 37.7. The number of carbonyl (C=O) groups is 2. The molecule has 0 aliphatic carbocycles. The minimum Gasteiger partial charge on any atom is -0.366 e. The molecule has 2 aromatic rings. The Bertz CT molecular complexity index is 970. The van der Waals surface area contributed by atoms with Gasteiger partial charge in [-0.3, -0.25) is 19.7 Å². The molecular formula is C24H30N4O4. The standard InChI is InChI=1S/C24H30N4O4/c1-3-17(2)23(29)26-20-8-6-7-18(15-20)16-25-24(30)19-11-13-27(14-12-19)21-9-4-5-10-22(21)28(31)32/h4-10,15,17,19H,3,11-14,16H2,1-2H3,(H,25,30)(H,26,29). The lowest BCUT2D eigenvalue weighted by atomic mass is 9.95. The number of rotatable bonds is 8. The molecule has 1 saturated heterocycles. The Balaban J connectivity index is 1.51. The largest absolute Gasteiger partial charge is 0.366 e. The molecule has 2 amide bonds. The maximum atomic E-state index is 12.7. The first-order valence-electron chi connectivity index (χ1n) is 11.0. The fourth-order valence-electron chi connectivity index (χ4n) is 3.81. The zero-order valence-corrected chi connectivity index (χ0v) is 18.5. The minimum absolute atomic E-state index is 0.0127. The highest BCUT2D eigenvalue weighted by atomic mass is 16.6. The summed E-state index contributed by atoms with van der Waals surface area (Å²) in [7, 11) is 0. The second kappa shape index (κ2) is 10.7. The lowest BCUT2D eigenvalue weighted by molar-refractivity contribution is -0.384. The van der Waals surface area contributed by atoms with Crippen LogP contribution in [0.2, 0.25) is 0 Å². The van der Waals surface area contributed by atoms with E-state index in [4.69, 9.17) is 0 Å². The molecular weight excluding hydrogens is 408 g/mol. The highest BCUT2D eigenvalue weighted by molar-refractivity contribution is 5.92. The van der Waals surface area contributed by atoms with Gasteiger partial charge in [-0.15, -0.1) is 0 Å². The zero-order chi connectivity index (χ0) is 23.1. The van der Waals surface area contributed by atoms with E-state index in [0.29, 0.717) is 38.2 Å². The van der Waals surface area contributed by atoms with Crippen LogP contribution >= 0.6 is 0 Å². The Morgan fingerprint density at radius 2 is 1.88 bits per heavy atom. The molecule has 170 valence electrons. The van der Waals surface area contributed by atoms with Gasteiger partial charge in [0.15, 0.2) is 0 Å². The average Bonchev–Trinajstić information content (AvgIpc) is 2.82. The molecule has 1 atom stereocenters. The Morgan fingerprint density at radius 1 is 1.16 bits per heavy atom. The highest BCUT2D eigenvalue weighted by Gasteiger charge is 2.28. The molecule has 0 radical (unpaired) electrons. The van der Waals surface area contributed by atoms with E-state index in [1.807, 2.05) is 43.0 Å². The third-order valence-corrected chi connectivity index (χ3v) is 6.01. The first-order chi connectivity index (χ1) is 15.4. The van der Waals surface area contributed by atoms with Gasteiger partial charge in [-0.2, -0.15) is 0 Å². The van der Waals surface area contributed by atoms with Gasteiger partial charge in [-0.25, -0.2) is 0 Å². The molecule has 32 heavy (non-hydrogen) atoms. The third-order valence-electron chi connectivity index (χ3n) is 6.01. The maximum absolute atomic E-state index is 12.7. The lowest BCUT2D eigenvalue weighted by Crippen LogP contribution is -2.40.